The van der Waals surface area contributed by atoms with E-state index in [1.54, 1.807) is 30.5 Å². The number of aryl methyl sites for hydroxylation is 1. The van der Waals surface area contributed by atoms with Crippen molar-refractivity contribution in [2.24, 2.45) is 0 Å². The molecule has 0 spiro atoms. The monoisotopic (exact) mass is 451 g/mol. The van der Waals surface area contributed by atoms with Gasteiger partial charge in [0.25, 0.3) is 11.5 Å². The predicted octanol–water partition coefficient (Wildman–Crippen LogP) is 4.32. The first-order valence-corrected chi connectivity index (χ1v) is 10.6. The van der Waals surface area contributed by atoms with Gasteiger partial charge < -0.3 is 10.1 Å². The van der Waals surface area contributed by atoms with Gasteiger partial charge in [-0.1, -0.05) is 17.7 Å². The number of rotatable bonds is 5. The molecule has 0 saturated carbocycles. The molecule has 0 atom stereocenters. The van der Waals surface area contributed by atoms with Gasteiger partial charge in [0.1, 0.15) is 10.8 Å². The van der Waals surface area contributed by atoms with Crippen LogP contribution < -0.4 is 10.9 Å². The summed E-state index contributed by atoms with van der Waals surface area (Å²) in [6.45, 7) is 3.65. The van der Waals surface area contributed by atoms with Gasteiger partial charge in [-0.25, -0.2) is 9.18 Å². The Hall–Kier alpha value is -3.85. The standard InChI is InChI=1S/C23H18FN3O4S/c1-3-31-23(30)19-17-12-32-21(25-20(28)14-6-4-5-13(2)11-14)18(17)22(29)27(26-19)16-9-7-15(24)8-10-16/h4-12H,3H2,1-2H3,(H,25,28). The number of esters is 1. The van der Waals surface area contributed by atoms with Crippen molar-refractivity contribution in [3.8, 4) is 5.69 Å². The Labute approximate surface area is 186 Å². The molecule has 2 aromatic carbocycles. The van der Waals surface area contributed by atoms with Crippen molar-refractivity contribution in [2.45, 2.75) is 13.8 Å². The van der Waals surface area contributed by atoms with E-state index in [0.29, 0.717) is 5.56 Å². The van der Waals surface area contributed by atoms with Crippen molar-refractivity contribution in [3.63, 3.8) is 0 Å². The van der Waals surface area contributed by atoms with Crippen LogP contribution in [-0.4, -0.2) is 28.3 Å². The summed E-state index contributed by atoms with van der Waals surface area (Å²) in [7, 11) is 0. The summed E-state index contributed by atoms with van der Waals surface area (Å²) in [6, 6.07) is 12.2. The van der Waals surface area contributed by atoms with Gasteiger partial charge in [-0.15, -0.1) is 11.3 Å². The number of nitrogens with one attached hydrogen (secondary N) is 1. The zero-order chi connectivity index (χ0) is 22.8. The molecule has 9 heteroatoms. The van der Waals surface area contributed by atoms with Crippen LogP contribution in [0.4, 0.5) is 9.39 Å². The molecule has 2 aromatic heterocycles. The van der Waals surface area contributed by atoms with Crippen molar-refractivity contribution in [1.29, 1.82) is 0 Å². The number of aromatic nitrogens is 2. The molecule has 0 fully saturated rings. The summed E-state index contributed by atoms with van der Waals surface area (Å²) >= 11 is 1.11. The second-order valence-electron chi connectivity index (χ2n) is 6.94. The van der Waals surface area contributed by atoms with Crippen LogP contribution in [-0.2, 0) is 4.74 Å². The Morgan fingerprint density at radius 3 is 2.62 bits per heavy atom. The van der Waals surface area contributed by atoms with E-state index in [9.17, 15) is 18.8 Å². The molecule has 4 rings (SSSR count). The zero-order valence-corrected chi connectivity index (χ0v) is 18.0. The quantitative estimate of drug-likeness (QED) is 0.457. The molecule has 32 heavy (non-hydrogen) atoms. The van der Waals surface area contributed by atoms with Crippen molar-refractivity contribution in [2.75, 3.05) is 11.9 Å². The summed E-state index contributed by atoms with van der Waals surface area (Å²) in [5, 5.41) is 9.20. The molecular formula is C23H18FN3O4S. The fourth-order valence-corrected chi connectivity index (χ4v) is 4.14. The second-order valence-corrected chi connectivity index (χ2v) is 7.82. The minimum atomic E-state index is -0.706. The molecule has 0 unspecified atom stereocenters. The topological polar surface area (TPSA) is 90.3 Å². The maximum absolute atomic E-state index is 13.4. The van der Waals surface area contributed by atoms with E-state index in [1.165, 1.54) is 24.3 Å². The van der Waals surface area contributed by atoms with Crippen LogP contribution in [0.25, 0.3) is 16.5 Å². The van der Waals surface area contributed by atoms with Gasteiger partial charge in [-0.05, 0) is 50.2 Å². The van der Waals surface area contributed by atoms with Gasteiger partial charge in [-0.2, -0.15) is 9.78 Å². The predicted molar refractivity (Wildman–Crippen MR) is 120 cm³/mol. The summed E-state index contributed by atoms with van der Waals surface area (Å²) in [5.41, 5.74) is 0.996. The van der Waals surface area contributed by atoms with E-state index in [-0.39, 0.29) is 39.7 Å². The molecule has 1 amide bonds. The number of nitrogens with zero attached hydrogens (tertiary/aromatic N) is 2. The average Bonchev–Trinajstić information content (AvgIpc) is 3.19. The summed E-state index contributed by atoms with van der Waals surface area (Å²) in [6.07, 6.45) is 0. The normalized spacial score (nSPS) is 10.8. The highest BCUT2D eigenvalue weighted by molar-refractivity contribution is 7.16. The molecule has 0 aliphatic carbocycles. The Morgan fingerprint density at radius 2 is 1.94 bits per heavy atom. The first-order valence-electron chi connectivity index (χ1n) is 9.74. The molecule has 2 heterocycles. The van der Waals surface area contributed by atoms with Gasteiger partial charge in [0, 0.05) is 16.3 Å². The van der Waals surface area contributed by atoms with E-state index < -0.39 is 17.3 Å². The highest BCUT2D eigenvalue weighted by Gasteiger charge is 2.23. The number of thiophene rings is 1. The molecule has 7 nitrogen and oxygen atoms in total. The molecule has 1 N–H and O–H groups in total. The van der Waals surface area contributed by atoms with E-state index in [4.69, 9.17) is 4.74 Å². The lowest BCUT2D eigenvalue weighted by atomic mass is 10.1. The summed E-state index contributed by atoms with van der Waals surface area (Å²) in [4.78, 5) is 38.6. The summed E-state index contributed by atoms with van der Waals surface area (Å²) in [5.74, 6) is -1.57. The van der Waals surface area contributed by atoms with Gasteiger partial charge in [0.2, 0.25) is 0 Å². The number of amides is 1. The lowest BCUT2D eigenvalue weighted by Crippen LogP contribution is -2.25. The van der Waals surface area contributed by atoms with E-state index >= 15 is 0 Å². The molecule has 162 valence electrons. The minimum Gasteiger partial charge on any atom is -0.461 e. The molecule has 0 bridgehead atoms. The molecule has 4 aromatic rings. The van der Waals surface area contributed by atoms with Crippen LogP contribution in [0.1, 0.15) is 33.3 Å². The van der Waals surface area contributed by atoms with Crippen molar-refractivity contribution >= 4 is 39.0 Å². The number of carbonyl (C=O) groups excluding carboxylic acids is 2. The smallest absolute Gasteiger partial charge is 0.359 e. The molecule has 0 saturated heterocycles. The lowest BCUT2D eigenvalue weighted by molar-refractivity contribution is 0.0520. The Bertz CT molecular complexity index is 1390. The average molecular weight is 451 g/mol. The Kier molecular flexibility index (Phi) is 5.83. The van der Waals surface area contributed by atoms with Crippen LogP contribution in [0.5, 0.6) is 0 Å². The molecule has 0 radical (unpaired) electrons. The van der Waals surface area contributed by atoms with Gasteiger partial charge in [0.05, 0.1) is 17.7 Å². The largest absolute Gasteiger partial charge is 0.461 e. The fourth-order valence-electron chi connectivity index (χ4n) is 3.21. The van der Waals surface area contributed by atoms with E-state index in [0.717, 1.165) is 21.6 Å². The van der Waals surface area contributed by atoms with Crippen molar-refractivity contribution in [3.05, 3.63) is 86.9 Å². The lowest BCUT2D eigenvalue weighted by Gasteiger charge is -2.10. The van der Waals surface area contributed by atoms with Gasteiger partial charge >= 0.3 is 5.97 Å². The number of hydrogen-bond donors (Lipinski definition) is 1. The Morgan fingerprint density at radius 1 is 1.19 bits per heavy atom. The van der Waals surface area contributed by atoms with Crippen LogP contribution in [0.2, 0.25) is 0 Å². The third-order valence-corrected chi connectivity index (χ3v) is 5.60. The first kappa shape index (κ1) is 21.4. The van der Waals surface area contributed by atoms with E-state index in [1.807, 2.05) is 13.0 Å². The fraction of sp³-hybridized carbons (Fsp3) is 0.130. The number of anilines is 1. The maximum Gasteiger partial charge on any atom is 0.359 e. The SMILES string of the molecule is CCOC(=O)c1nn(-c2ccc(F)cc2)c(=O)c2c(NC(=O)c3cccc(C)c3)scc12. The van der Waals surface area contributed by atoms with E-state index in [2.05, 4.69) is 10.4 Å². The zero-order valence-electron chi connectivity index (χ0n) is 17.2. The number of benzene rings is 2. The molecular weight excluding hydrogens is 433 g/mol. The second kappa shape index (κ2) is 8.72. The third kappa shape index (κ3) is 4.02. The number of fused-ring (bicyclic) bond motifs is 1. The highest BCUT2D eigenvalue weighted by Crippen LogP contribution is 2.31. The first-order chi connectivity index (χ1) is 15.4. The maximum atomic E-state index is 13.4. The van der Waals surface area contributed by atoms with Crippen LogP contribution in [0.3, 0.4) is 0 Å². The van der Waals surface area contributed by atoms with Gasteiger partial charge in [0.15, 0.2) is 5.69 Å². The highest BCUT2D eigenvalue weighted by atomic mass is 32.1. The molecule has 0 aliphatic rings. The van der Waals surface area contributed by atoms with Gasteiger partial charge in [-0.3, -0.25) is 9.59 Å². The van der Waals surface area contributed by atoms with Crippen LogP contribution in [0.15, 0.2) is 58.7 Å². The third-order valence-electron chi connectivity index (χ3n) is 4.70. The van der Waals surface area contributed by atoms with Crippen LogP contribution >= 0.6 is 11.3 Å². The number of ether oxygens (including phenoxy) is 1. The minimum absolute atomic E-state index is 0.0712. The Balaban J connectivity index is 1.88. The number of hydrogen-bond acceptors (Lipinski definition) is 6. The molecule has 0 aliphatic heterocycles. The van der Waals surface area contributed by atoms with Crippen molar-refractivity contribution < 1.29 is 18.7 Å². The summed E-state index contributed by atoms with van der Waals surface area (Å²) < 4.78 is 19.5. The van der Waals surface area contributed by atoms with Crippen molar-refractivity contribution in [1.82, 2.24) is 9.78 Å². The number of halogens is 1. The number of carbonyl (C=O) groups is 2. The van der Waals surface area contributed by atoms with Crippen LogP contribution in [0, 0.1) is 12.7 Å².